The van der Waals surface area contributed by atoms with Crippen molar-refractivity contribution in [3.05, 3.63) is 35.4 Å². The van der Waals surface area contributed by atoms with Crippen molar-refractivity contribution < 1.29 is 14.6 Å². The van der Waals surface area contributed by atoms with E-state index in [1.54, 1.807) is 13.2 Å². The number of benzene rings is 1. The van der Waals surface area contributed by atoms with Crippen molar-refractivity contribution in [2.75, 3.05) is 7.11 Å². The zero-order valence-corrected chi connectivity index (χ0v) is 11.0. The van der Waals surface area contributed by atoms with E-state index in [9.17, 15) is 4.79 Å². The molecular formula is C15H20O3. The third kappa shape index (κ3) is 4.62. The van der Waals surface area contributed by atoms with E-state index in [0.29, 0.717) is 0 Å². The van der Waals surface area contributed by atoms with Gasteiger partial charge in [0.15, 0.2) is 0 Å². The highest BCUT2D eigenvalue weighted by Crippen LogP contribution is 2.21. The van der Waals surface area contributed by atoms with E-state index >= 15 is 0 Å². The molecule has 0 unspecified atom stereocenters. The molecule has 0 saturated carbocycles. The number of rotatable bonds is 7. The Morgan fingerprint density at radius 1 is 1.39 bits per heavy atom. The summed E-state index contributed by atoms with van der Waals surface area (Å²) in [4.78, 5) is 10.6. The topological polar surface area (TPSA) is 46.5 Å². The first-order chi connectivity index (χ1) is 8.67. The van der Waals surface area contributed by atoms with Crippen LogP contribution in [0.2, 0.25) is 0 Å². The van der Waals surface area contributed by atoms with Crippen LogP contribution in [0.25, 0.3) is 6.08 Å². The van der Waals surface area contributed by atoms with Gasteiger partial charge in [0, 0.05) is 6.08 Å². The summed E-state index contributed by atoms with van der Waals surface area (Å²) < 4.78 is 5.20. The molecule has 1 aromatic carbocycles. The van der Waals surface area contributed by atoms with Crippen LogP contribution in [0.5, 0.6) is 5.75 Å². The quantitative estimate of drug-likeness (QED) is 0.593. The summed E-state index contributed by atoms with van der Waals surface area (Å²) in [6.45, 7) is 2.16. The molecule has 0 atom stereocenters. The molecule has 18 heavy (non-hydrogen) atoms. The molecule has 0 amide bonds. The number of hydrogen-bond acceptors (Lipinski definition) is 2. The van der Waals surface area contributed by atoms with Crippen LogP contribution in [0.4, 0.5) is 0 Å². The summed E-state index contributed by atoms with van der Waals surface area (Å²) in [7, 11) is 1.64. The molecule has 0 heterocycles. The average Bonchev–Trinajstić information content (AvgIpc) is 2.37. The second-order valence-corrected chi connectivity index (χ2v) is 4.19. The molecule has 1 aromatic rings. The molecule has 0 spiro atoms. The lowest BCUT2D eigenvalue weighted by Gasteiger charge is -2.08. The fraction of sp³-hybridized carbons (Fsp3) is 0.400. The Morgan fingerprint density at radius 3 is 2.78 bits per heavy atom. The number of aryl methyl sites for hydroxylation is 1. The largest absolute Gasteiger partial charge is 0.497 e. The summed E-state index contributed by atoms with van der Waals surface area (Å²) in [5, 5.41) is 8.67. The summed E-state index contributed by atoms with van der Waals surface area (Å²) >= 11 is 0. The molecule has 0 saturated heterocycles. The molecule has 98 valence electrons. The predicted octanol–water partition coefficient (Wildman–Crippen LogP) is 3.53. The van der Waals surface area contributed by atoms with Crippen molar-refractivity contribution in [2.24, 2.45) is 0 Å². The second kappa shape index (κ2) is 7.54. The van der Waals surface area contributed by atoms with Crippen LogP contribution in [0.3, 0.4) is 0 Å². The maximum absolute atomic E-state index is 10.6. The van der Waals surface area contributed by atoms with Gasteiger partial charge in [0.25, 0.3) is 0 Å². The fourth-order valence-electron chi connectivity index (χ4n) is 1.81. The minimum absolute atomic E-state index is 0.814. The Kier molecular flexibility index (Phi) is 5.98. The maximum atomic E-state index is 10.6. The third-order valence-corrected chi connectivity index (χ3v) is 2.81. The Bertz CT molecular complexity index is 422. The molecule has 0 aliphatic carbocycles. The van der Waals surface area contributed by atoms with Gasteiger partial charge in [0.05, 0.1) is 7.11 Å². The van der Waals surface area contributed by atoms with Gasteiger partial charge in [0.1, 0.15) is 5.75 Å². The Morgan fingerprint density at radius 2 is 2.17 bits per heavy atom. The monoisotopic (exact) mass is 248 g/mol. The summed E-state index contributed by atoms with van der Waals surface area (Å²) in [6.07, 6.45) is 7.22. The SMILES string of the molecule is CCCCCc1cc(OC)ccc1/C=C/C(=O)O. The molecular weight excluding hydrogens is 228 g/mol. The van der Waals surface area contributed by atoms with E-state index in [0.717, 1.165) is 29.7 Å². The molecule has 1 rings (SSSR count). The van der Waals surface area contributed by atoms with Crippen molar-refractivity contribution in [3.63, 3.8) is 0 Å². The van der Waals surface area contributed by atoms with Gasteiger partial charge in [-0.2, -0.15) is 0 Å². The fourth-order valence-corrected chi connectivity index (χ4v) is 1.81. The van der Waals surface area contributed by atoms with Crippen LogP contribution in [-0.2, 0) is 11.2 Å². The summed E-state index contributed by atoms with van der Waals surface area (Å²) in [5.74, 6) is -0.112. The zero-order chi connectivity index (χ0) is 13.4. The van der Waals surface area contributed by atoms with Crippen LogP contribution in [0.1, 0.15) is 37.3 Å². The van der Waals surface area contributed by atoms with E-state index in [4.69, 9.17) is 9.84 Å². The Labute approximate surface area is 108 Å². The normalized spacial score (nSPS) is 10.8. The second-order valence-electron chi connectivity index (χ2n) is 4.19. The number of hydrogen-bond donors (Lipinski definition) is 1. The van der Waals surface area contributed by atoms with Crippen LogP contribution in [0, 0.1) is 0 Å². The third-order valence-electron chi connectivity index (χ3n) is 2.81. The van der Waals surface area contributed by atoms with Crippen molar-refractivity contribution in [2.45, 2.75) is 32.6 Å². The van der Waals surface area contributed by atoms with E-state index in [2.05, 4.69) is 6.92 Å². The lowest BCUT2D eigenvalue weighted by Crippen LogP contribution is -1.93. The molecule has 0 bridgehead atoms. The van der Waals surface area contributed by atoms with Gasteiger partial charge in [-0.05, 0) is 42.2 Å². The van der Waals surface area contributed by atoms with Gasteiger partial charge in [0.2, 0.25) is 0 Å². The minimum Gasteiger partial charge on any atom is -0.497 e. The summed E-state index contributed by atoms with van der Waals surface area (Å²) in [5.41, 5.74) is 2.09. The van der Waals surface area contributed by atoms with Crippen molar-refractivity contribution in [1.29, 1.82) is 0 Å². The number of aliphatic carboxylic acids is 1. The standard InChI is InChI=1S/C15H20O3/c1-3-4-5-6-13-11-14(18-2)9-7-12(13)8-10-15(16)17/h7-11H,3-6H2,1-2H3,(H,16,17)/b10-8+. The number of carboxylic acids is 1. The number of carbonyl (C=O) groups is 1. The van der Waals surface area contributed by atoms with Crippen LogP contribution >= 0.6 is 0 Å². The van der Waals surface area contributed by atoms with Gasteiger partial charge < -0.3 is 9.84 Å². The first kappa shape index (κ1) is 14.3. The van der Waals surface area contributed by atoms with Crippen molar-refractivity contribution in [1.82, 2.24) is 0 Å². The molecule has 1 N–H and O–H groups in total. The van der Waals surface area contributed by atoms with E-state index in [-0.39, 0.29) is 0 Å². The van der Waals surface area contributed by atoms with E-state index in [1.165, 1.54) is 18.9 Å². The molecule has 3 nitrogen and oxygen atoms in total. The number of carboxylic acid groups (broad SMARTS) is 1. The molecule has 0 aromatic heterocycles. The smallest absolute Gasteiger partial charge is 0.328 e. The molecule has 0 fully saturated rings. The summed E-state index contributed by atoms with van der Waals surface area (Å²) in [6, 6.07) is 5.74. The highest BCUT2D eigenvalue weighted by atomic mass is 16.5. The van der Waals surface area contributed by atoms with E-state index in [1.807, 2.05) is 18.2 Å². The van der Waals surface area contributed by atoms with Crippen molar-refractivity contribution in [3.8, 4) is 5.75 Å². The van der Waals surface area contributed by atoms with Gasteiger partial charge in [-0.3, -0.25) is 0 Å². The lowest BCUT2D eigenvalue weighted by molar-refractivity contribution is -0.131. The highest BCUT2D eigenvalue weighted by Gasteiger charge is 2.03. The molecule has 0 aliphatic heterocycles. The van der Waals surface area contributed by atoms with Gasteiger partial charge >= 0.3 is 5.97 Å². The van der Waals surface area contributed by atoms with E-state index < -0.39 is 5.97 Å². The number of ether oxygens (including phenoxy) is 1. The number of unbranched alkanes of at least 4 members (excludes halogenated alkanes) is 2. The van der Waals surface area contributed by atoms with Crippen LogP contribution in [0.15, 0.2) is 24.3 Å². The lowest BCUT2D eigenvalue weighted by atomic mass is 10.0. The predicted molar refractivity (Wildman–Crippen MR) is 72.9 cm³/mol. The van der Waals surface area contributed by atoms with Crippen molar-refractivity contribution >= 4 is 12.0 Å². The Hall–Kier alpha value is -1.77. The highest BCUT2D eigenvalue weighted by molar-refractivity contribution is 5.85. The molecule has 0 radical (unpaired) electrons. The first-order valence-electron chi connectivity index (χ1n) is 6.25. The minimum atomic E-state index is -0.926. The maximum Gasteiger partial charge on any atom is 0.328 e. The molecule has 3 heteroatoms. The molecule has 0 aliphatic rings. The van der Waals surface area contributed by atoms with Crippen LogP contribution < -0.4 is 4.74 Å². The Balaban J connectivity index is 2.89. The number of methoxy groups -OCH3 is 1. The first-order valence-corrected chi connectivity index (χ1v) is 6.25. The van der Waals surface area contributed by atoms with Gasteiger partial charge in [-0.15, -0.1) is 0 Å². The zero-order valence-electron chi connectivity index (χ0n) is 11.0. The average molecular weight is 248 g/mol. The van der Waals surface area contributed by atoms with Crippen LogP contribution in [-0.4, -0.2) is 18.2 Å². The van der Waals surface area contributed by atoms with Gasteiger partial charge in [-0.25, -0.2) is 4.79 Å². The van der Waals surface area contributed by atoms with Gasteiger partial charge in [-0.1, -0.05) is 25.8 Å².